The quantitative estimate of drug-likeness (QED) is 0.598. The minimum absolute atomic E-state index is 0.0318. The zero-order valence-corrected chi connectivity index (χ0v) is 20.4. The van der Waals surface area contributed by atoms with Gasteiger partial charge in [-0.15, -0.1) is 0 Å². The van der Waals surface area contributed by atoms with E-state index < -0.39 is 10.0 Å². The second kappa shape index (κ2) is 10.9. The van der Waals surface area contributed by atoms with Crippen LogP contribution in [0.1, 0.15) is 35.7 Å². The van der Waals surface area contributed by atoms with Crippen LogP contribution in [-0.2, 0) is 16.4 Å². The minimum Gasteiger partial charge on any atom is -0.496 e. The van der Waals surface area contributed by atoms with Gasteiger partial charge in [-0.05, 0) is 61.1 Å². The molecule has 8 nitrogen and oxygen atoms in total. The lowest BCUT2D eigenvalue weighted by Crippen LogP contribution is -2.38. The molecular formula is C24H32N2O6S. The van der Waals surface area contributed by atoms with Gasteiger partial charge in [-0.25, -0.2) is 13.1 Å². The first-order valence-electron chi connectivity index (χ1n) is 11.0. The Morgan fingerprint density at radius 3 is 2.24 bits per heavy atom. The molecule has 0 spiro atoms. The summed E-state index contributed by atoms with van der Waals surface area (Å²) >= 11 is 0. The number of amides is 1. The lowest BCUT2D eigenvalue weighted by Gasteiger charge is -2.30. The van der Waals surface area contributed by atoms with Crippen LogP contribution < -0.4 is 18.9 Å². The third-order valence-corrected chi connectivity index (χ3v) is 7.39. The number of likely N-dealkylation sites (tertiary alicyclic amines) is 1. The molecule has 3 rings (SSSR count). The highest BCUT2D eigenvalue weighted by molar-refractivity contribution is 7.89. The number of hydrogen-bond donors (Lipinski definition) is 1. The molecule has 0 aliphatic carbocycles. The zero-order valence-electron chi connectivity index (χ0n) is 19.6. The molecule has 1 saturated heterocycles. The number of ether oxygens (including phenoxy) is 3. The molecule has 0 bridgehead atoms. The van der Waals surface area contributed by atoms with Crippen LogP contribution >= 0.6 is 0 Å². The molecule has 0 radical (unpaired) electrons. The highest BCUT2D eigenvalue weighted by Gasteiger charge is 2.26. The van der Waals surface area contributed by atoms with Crippen molar-refractivity contribution >= 4 is 15.9 Å². The van der Waals surface area contributed by atoms with Gasteiger partial charge in [-0.3, -0.25) is 4.79 Å². The summed E-state index contributed by atoms with van der Waals surface area (Å²) in [5.41, 5.74) is 1.16. The fraction of sp³-hybridized carbons (Fsp3) is 0.458. The van der Waals surface area contributed by atoms with E-state index in [1.807, 2.05) is 12.1 Å². The molecule has 1 amide bonds. The number of carbonyl (C=O) groups excluding carboxylic acids is 1. The molecule has 9 heteroatoms. The third-order valence-electron chi connectivity index (χ3n) is 5.94. The van der Waals surface area contributed by atoms with Crippen molar-refractivity contribution in [2.24, 2.45) is 5.92 Å². The van der Waals surface area contributed by atoms with E-state index in [0.717, 1.165) is 18.4 Å². The monoisotopic (exact) mass is 476 g/mol. The smallest absolute Gasteiger partial charge is 0.257 e. The number of benzene rings is 2. The number of piperidine rings is 1. The van der Waals surface area contributed by atoms with E-state index in [-0.39, 0.29) is 22.9 Å². The highest BCUT2D eigenvalue weighted by atomic mass is 32.2. The Hall–Kier alpha value is -2.78. The average molecular weight is 477 g/mol. The van der Waals surface area contributed by atoms with Crippen LogP contribution in [0.3, 0.4) is 0 Å². The summed E-state index contributed by atoms with van der Waals surface area (Å²) in [6.07, 6.45) is 2.33. The molecule has 0 unspecified atom stereocenters. The van der Waals surface area contributed by atoms with Crippen molar-refractivity contribution in [1.82, 2.24) is 9.62 Å². The van der Waals surface area contributed by atoms with Gasteiger partial charge >= 0.3 is 0 Å². The fourth-order valence-electron chi connectivity index (χ4n) is 3.85. The molecule has 1 heterocycles. The predicted octanol–water partition coefficient (Wildman–Crippen LogP) is 3.11. The summed E-state index contributed by atoms with van der Waals surface area (Å²) in [7, 11) is 0.774. The van der Waals surface area contributed by atoms with Crippen molar-refractivity contribution in [2.45, 2.75) is 31.1 Å². The molecule has 2 aromatic carbocycles. The topological polar surface area (TPSA) is 94.2 Å². The van der Waals surface area contributed by atoms with Crippen LogP contribution in [0.4, 0.5) is 0 Å². The molecule has 1 aliphatic rings. The summed E-state index contributed by atoms with van der Waals surface area (Å²) in [5, 5.41) is 0. The Morgan fingerprint density at radius 1 is 0.970 bits per heavy atom. The highest BCUT2D eigenvalue weighted by Crippen LogP contribution is 2.28. The first-order chi connectivity index (χ1) is 15.8. The van der Waals surface area contributed by atoms with Gasteiger partial charge in [0.05, 0.1) is 31.8 Å². The summed E-state index contributed by atoms with van der Waals surface area (Å²) < 4.78 is 44.3. The number of hydrogen-bond acceptors (Lipinski definition) is 6. The van der Waals surface area contributed by atoms with Gasteiger partial charge in [-0.1, -0.05) is 13.0 Å². The maximum absolute atomic E-state index is 13.1. The zero-order chi connectivity index (χ0) is 24.0. The summed E-state index contributed by atoms with van der Waals surface area (Å²) in [6.45, 7) is 3.67. The van der Waals surface area contributed by atoms with E-state index in [1.165, 1.54) is 25.3 Å². The molecular weight excluding hydrogens is 444 g/mol. The van der Waals surface area contributed by atoms with Crippen LogP contribution in [-0.4, -0.2) is 60.2 Å². The number of nitrogens with one attached hydrogen (secondary N) is 1. The molecule has 180 valence electrons. The van der Waals surface area contributed by atoms with E-state index in [4.69, 9.17) is 14.2 Å². The van der Waals surface area contributed by atoms with Crippen LogP contribution in [0.15, 0.2) is 41.3 Å². The van der Waals surface area contributed by atoms with Crippen molar-refractivity contribution in [3.63, 3.8) is 0 Å². The van der Waals surface area contributed by atoms with Gasteiger partial charge < -0.3 is 19.1 Å². The lowest BCUT2D eigenvalue weighted by molar-refractivity contribution is 0.0693. The van der Waals surface area contributed by atoms with Gasteiger partial charge in [0.25, 0.3) is 5.91 Å². The largest absolute Gasteiger partial charge is 0.496 e. The van der Waals surface area contributed by atoms with Crippen LogP contribution in [0.25, 0.3) is 0 Å². The van der Waals surface area contributed by atoms with Crippen molar-refractivity contribution in [2.75, 3.05) is 41.0 Å². The Kier molecular flexibility index (Phi) is 8.20. The lowest BCUT2D eigenvalue weighted by atomic mass is 9.98. The molecule has 1 fully saturated rings. The predicted molar refractivity (Wildman–Crippen MR) is 126 cm³/mol. The summed E-state index contributed by atoms with van der Waals surface area (Å²) in [5.74, 6) is 1.94. The molecule has 0 saturated carbocycles. The van der Waals surface area contributed by atoms with Gasteiger partial charge in [0.1, 0.15) is 5.75 Å². The number of nitrogens with zero attached hydrogens (tertiary/aromatic N) is 1. The molecule has 33 heavy (non-hydrogen) atoms. The Labute approximate surface area is 195 Å². The summed E-state index contributed by atoms with van der Waals surface area (Å²) in [6, 6.07) is 9.84. The summed E-state index contributed by atoms with van der Waals surface area (Å²) in [4.78, 5) is 14.9. The fourth-order valence-corrected chi connectivity index (χ4v) is 4.91. The van der Waals surface area contributed by atoms with Crippen LogP contribution in [0.5, 0.6) is 17.2 Å². The maximum atomic E-state index is 13.1. The Balaban J connectivity index is 1.72. The Bertz CT molecular complexity index is 1080. The van der Waals surface area contributed by atoms with Gasteiger partial charge in [0.15, 0.2) is 11.5 Å². The number of methoxy groups -OCH3 is 3. The molecule has 1 aliphatic heterocycles. The van der Waals surface area contributed by atoms with Gasteiger partial charge in [0.2, 0.25) is 10.0 Å². The Morgan fingerprint density at radius 2 is 1.61 bits per heavy atom. The number of sulfonamides is 1. The first-order valence-corrected chi connectivity index (χ1v) is 12.4. The van der Waals surface area contributed by atoms with Crippen molar-refractivity contribution in [3.8, 4) is 17.2 Å². The molecule has 1 N–H and O–H groups in total. The van der Waals surface area contributed by atoms with Gasteiger partial charge in [-0.2, -0.15) is 0 Å². The molecule has 0 atom stereocenters. The molecule has 0 aromatic heterocycles. The second-order valence-electron chi connectivity index (χ2n) is 8.17. The average Bonchev–Trinajstić information content (AvgIpc) is 2.83. The number of rotatable bonds is 9. The maximum Gasteiger partial charge on any atom is 0.257 e. The van der Waals surface area contributed by atoms with Crippen molar-refractivity contribution in [3.05, 3.63) is 47.5 Å². The first kappa shape index (κ1) is 24.9. The number of carbonyl (C=O) groups is 1. The van der Waals surface area contributed by atoms with E-state index in [1.54, 1.807) is 25.2 Å². The van der Waals surface area contributed by atoms with E-state index in [9.17, 15) is 13.2 Å². The van der Waals surface area contributed by atoms with Gasteiger partial charge in [0, 0.05) is 19.6 Å². The van der Waals surface area contributed by atoms with E-state index in [0.29, 0.717) is 42.7 Å². The van der Waals surface area contributed by atoms with E-state index >= 15 is 0 Å². The van der Waals surface area contributed by atoms with E-state index in [2.05, 4.69) is 11.6 Å². The van der Waals surface area contributed by atoms with Crippen molar-refractivity contribution < 1.29 is 27.4 Å². The molecule has 2 aromatic rings. The third kappa shape index (κ3) is 5.97. The minimum atomic E-state index is -3.81. The van der Waals surface area contributed by atoms with Crippen LogP contribution in [0, 0.1) is 5.92 Å². The standard InChI is InChI=1S/C24H32N2O6S/c1-17-10-13-26(14-11-17)24(27)20-16-19(6-8-21(20)30-2)33(28,29)25-12-9-18-5-7-22(31-3)23(15-18)32-4/h5-8,15-17,25H,9-14H2,1-4H3. The van der Waals surface area contributed by atoms with Crippen LogP contribution in [0.2, 0.25) is 0 Å². The SMILES string of the molecule is COc1ccc(CCNS(=O)(=O)c2ccc(OC)c(C(=O)N3CCC(C)CC3)c2)cc1OC. The second-order valence-corrected chi connectivity index (χ2v) is 9.94. The normalized spacial score (nSPS) is 14.7. The van der Waals surface area contributed by atoms with Crippen molar-refractivity contribution in [1.29, 1.82) is 0 Å².